The maximum Gasteiger partial charge on any atom is 0.226 e. The number of aromatic nitrogens is 1. The van der Waals surface area contributed by atoms with E-state index in [1.807, 2.05) is 30.3 Å². The molecule has 0 fully saturated rings. The highest BCUT2D eigenvalue weighted by molar-refractivity contribution is 5.89. The molecule has 0 aliphatic rings. The first-order valence-corrected chi connectivity index (χ1v) is 8.04. The highest BCUT2D eigenvalue weighted by Crippen LogP contribution is 2.12. The van der Waals surface area contributed by atoms with Gasteiger partial charge in [0.15, 0.2) is 5.82 Å². The molecule has 1 aromatic carbocycles. The van der Waals surface area contributed by atoms with E-state index in [-0.39, 0.29) is 5.91 Å². The number of nitrogens with zero attached hydrogens (tertiary/aromatic N) is 2. The van der Waals surface area contributed by atoms with Gasteiger partial charge in [0.2, 0.25) is 5.91 Å². The lowest BCUT2D eigenvalue weighted by Crippen LogP contribution is -2.39. The van der Waals surface area contributed by atoms with Crippen molar-refractivity contribution in [3.8, 4) is 0 Å². The van der Waals surface area contributed by atoms with Crippen LogP contribution in [0.4, 0.5) is 5.82 Å². The number of aryl methyl sites for hydroxylation is 1. The second kappa shape index (κ2) is 8.08. The minimum Gasteiger partial charge on any atom is -0.389 e. The largest absolute Gasteiger partial charge is 0.389 e. The van der Waals surface area contributed by atoms with Crippen molar-refractivity contribution >= 4 is 11.7 Å². The average molecular weight is 331 g/mol. The molecule has 0 saturated carbocycles. The summed E-state index contributed by atoms with van der Waals surface area (Å²) in [5, 5.41) is 16.6. The highest BCUT2D eigenvalue weighted by atomic mass is 16.5. The number of benzene rings is 1. The van der Waals surface area contributed by atoms with Gasteiger partial charge in [-0.3, -0.25) is 9.69 Å². The molecule has 0 bridgehead atoms. The number of anilines is 1. The molecule has 2 aromatic rings. The number of aliphatic hydroxyl groups is 1. The average Bonchev–Trinajstić information content (AvgIpc) is 2.89. The van der Waals surface area contributed by atoms with Crippen LogP contribution in [-0.2, 0) is 11.3 Å². The fourth-order valence-corrected chi connectivity index (χ4v) is 2.49. The van der Waals surface area contributed by atoms with Gasteiger partial charge in [0.1, 0.15) is 5.76 Å². The van der Waals surface area contributed by atoms with Crippen LogP contribution < -0.4 is 5.32 Å². The first-order chi connectivity index (χ1) is 11.3. The van der Waals surface area contributed by atoms with Gasteiger partial charge < -0.3 is 14.9 Å². The third-order valence-corrected chi connectivity index (χ3v) is 3.41. The zero-order valence-corrected chi connectivity index (χ0v) is 14.5. The molecule has 0 saturated heterocycles. The van der Waals surface area contributed by atoms with E-state index in [2.05, 4.69) is 15.4 Å². The van der Waals surface area contributed by atoms with Crippen LogP contribution in [0.25, 0.3) is 0 Å². The highest BCUT2D eigenvalue weighted by Gasteiger charge is 2.19. The Morgan fingerprint density at radius 2 is 2.04 bits per heavy atom. The monoisotopic (exact) mass is 331 g/mol. The van der Waals surface area contributed by atoms with Crippen molar-refractivity contribution in [1.29, 1.82) is 0 Å². The minimum atomic E-state index is -0.825. The molecule has 0 unspecified atom stereocenters. The Bertz CT molecular complexity index is 647. The second-order valence-electron chi connectivity index (χ2n) is 6.63. The third kappa shape index (κ3) is 6.52. The van der Waals surface area contributed by atoms with Gasteiger partial charge in [0, 0.05) is 32.1 Å². The second-order valence-corrected chi connectivity index (χ2v) is 6.63. The van der Waals surface area contributed by atoms with Crippen LogP contribution in [0.1, 0.15) is 31.6 Å². The lowest BCUT2D eigenvalue weighted by atomic mass is 10.1. The molecule has 2 N–H and O–H groups in total. The molecule has 24 heavy (non-hydrogen) atoms. The van der Waals surface area contributed by atoms with Crippen LogP contribution in [0.2, 0.25) is 0 Å². The van der Waals surface area contributed by atoms with E-state index in [1.54, 1.807) is 26.8 Å². The van der Waals surface area contributed by atoms with Gasteiger partial charge in [-0.05, 0) is 26.3 Å². The third-order valence-electron chi connectivity index (χ3n) is 3.41. The summed E-state index contributed by atoms with van der Waals surface area (Å²) in [5.74, 6) is 0.949. The normalized spacial score (nSPS) is 11.7. The van der Waals surface area contributed by atoms with Crippen LogP contribution in [-0.4, -0.2) is 39.8 Å². The van der Waals surface area contributed by atoms with E-state index < -0.39 is 5.60 Å². The van der Waals surface area contributed by atoms with E-state index in [4.69, 9.17) is 4.52 Å². The fourth-order valence-electron chi connectivity index (χ4n) is 2.49. The van der Waals surface area contributed by atoms with E-state index >= 15 is 0 Å². The molecule has 1 aromatic heterocycles. The number of hydrogen-bond acceptors (Lipinski definition) is 5. The molecule has 2 rings (SSSR count). The van der Waals surface area contributed by atoms with E-state index in [0.29, 0.717) is 37.6 Å². The van der Waals surface area contributed by atoms with Crippen LogP contribution in [0, 0.1) is 6.92 Å². The smallest absolute Gasteiger partial charge is 0.226 e. The molecule has 0 radical (unpaired) electrons. The van der Waals surface area contributed by atoms with Crippen molar-refractivity contribution < 1.29 is 14.4 Å². The Morgan fingerprint density at radius 1 is 1.33 bits per heavy atom. The van der Waals surface area contributed by atoms with Crippen LogP contribution in [0.3, 0.4) is 0 Å². The molecule has 6 nitrogen and oxygen atoms in total. The quantitative estimate of drug-likeness (QED) is 0.777. The zero-order valence-electron chi connectivity index (χ0n) is 14.5. The fraction of sp³-hybridized carbons (Fsp3) is 0.444. The summed E-state index contributed by atoms with van der Waals surface area (Å²) >= 11 is 0. The van der Waals surface area contributed by atoms with Crippen molar-refractivity contribution in [2.24, 2.45) is 0 Å². The summed E-state index contributed by atoms with van der Waals surface area (Å²) in [6.07, 6.45) is 0.314. The molecule has 0 atom stereocenters. The topological polar surface area (TPSA) is 78.6 Å². The van der Waals surface area contributed by atoms with Gasteiger partial charge in [-0.1, -0.05) is 35.5 Å². The summed E-state index contributed by atoms with van der Waals surface area (Å²) in [6.45, 7) is 7.01. The summed E-state index contributed by atoms with van der Waals surface area (Å²) < 4.78 is 4.93. The first kappa shape index (κ1) is 18.2. The van der Waals surface area contributed by atoms with E-state index in [0.717, 1.165) is 5.56 Å². The zero-order chi connectivity index (χ0) is 17.6. The number of nitrogens with one attached hydrogen (secondary N) is 1. The molecule has 0 aliphatic heterocycles. The first-order valence-electron chi connectivity index (χ1n) is 8.04. The molecular formula is C18H25N3O3. The summed E-state index contributed by atoms with van der Waals surface area (Å²) in [7, 11) is 0. The SMILES string of the molecule is Cc1cc(NC(=O)CCN(Cc2ccccc2)CC(C)(C)O)no1. The predicted molar refractivity (Wildman–Crippen MR) is 92.5 cm³/mol. The van der Waals surface area contributed by atoms with Gasteiger partial charge >= 0.3 is 0 Å². The van der Waals surface area contributed by atoms with Crippen LogP contribution in [0.5, 0.6) is 0 Å². The molecule has 0 aliphatic carbocycles. The van der Waals surface area contributed by atoms with Gasteiger partial charge in [0.05, 0.1) is 5.60 Å². The van der Waals surface area contributed by atoms with Crippen LogP contribution >= 0.6 is 0 Å². The Labute approximate surface area is 142 Å². The molecule has 130 valence electrons. The van der Waals surface area contributed by atoms with Gasteiger partial charge in [-0.15, -0.1) is 0 Å². The Morgan fingerprint density at radius 3 is 2.62 bits per heavy atom. The number of carbonyl (C=O) groups excluding carboxylic acids is 1. The number of carbonyl (C=O) groups is 1. The van der Waals surface area contributed by atoms with Gasteiger partial charge in [0.25, 0.3) is 0 Å². The Hall–Kier alpha value is -2.18. The standard InChI is InChI=1S/C18H25N3O3/c1-14-11-16(20-24-14)19-17(22)9-10-21(13-18(2,3)23)12-15-7-5-4-6-8-15/h4-8,11,23H,9-10,12-13H2,1-3H3,(H,19,20,22). The molecule has 0 spiro atoms. The summed E-state index contributed by atoms with van der Waals surface area (Å²) in [5.41, 5.74) is 0.323. The lowest BCUT2D eigenvalue weighted by molar-refractivity contribution is -0.116. The number of rotatable bonds is 8. The maximum absolute atomic E-state index is 12.1. The molecule has 6 heteroatoms. The Balaban J connectivity index is 1.90. The van der Waals surface area contributed by atoms with Crippen molar-refractivity contribution in [1.82, 2.24) is 10.1 Å². The summed E-state index contributed by atoms with van der Waals surface area (Å²) in [4.78, 5) is 14.1. The predicted octanol–water partition coefficient (Wildman–Crippen LogP) is 2.58. The molecule has 1 heterocycles. The van der Waals surface area contributed by atoms with Gasteiger partial charge in [-0.25, -0.2) is 0 Å². The van der Waals surface area contributed by atoms with Crippen LogP contribution in [0.15, 0.2) is 40.9 Å². The van der Waals surface area contributed by atoms with Crippen molar-refractivity contribution in [2.45, 2.75) is 39.3 Å². The Kier molecular flexibility index (Phi) is 6.11. The lowest BCUT2D eigenvalue weighted by Gasteiger charge is -2.29. The maximum atomic E-state index is 12.1. The minimum absolute atomic E-state index is 0.128. The molecular weight excluding hydrogens is 306 g/mol. The van der Waals surface area contributed by atoms with E-state index in [9.17, 15) is 9.90 Å². The van der Waals surface area contributed by atoms with Crippen molar-refractivity contribution in [3.63, 3.8) is 0 Å². The molecule has 1 amide bonds. The van der Waals surface area contributed by atoms with Crippen molar-refractivity contribution in [3.05, 3.63) is 47.7 Å². The van der Waals surface area contributed by atoms with Gasteiger partial charge in [-0.2, -0.15) is 0 Å². The number of amides is 1. The van der Waals surface area contributed by atoms with Crippen molar-refractivity contribution in [2.75, 3.05) is 18.4 Å². The van der Waals surface area contributed by atoms with E-state index in [1.165, 1.54) is 0 Å². The number of hydrogen-bond donors (Lipinski definition) is 2. The summed E-state index contributed by atoms with van der Waals surface area (Å²) in [6, 6.07) is 11.7.